The Hall–Kier alpha value is -2.44. The molecule has 0 spiro atoms. The Morgan fingerprint density at radius 2 is 1.19 bits per heavy atom. The molecule has 6 nitrogen and oxygen atoms in total. The average molecular weight is 358 g/mol. The number of nitrogens with two attached hydrogens (primary N) is 1. The van der Waals surface area contributed by atoms with Gasteiger partial charge >= 0.3 is 0 Å². The Morgan fingerprint density at radius 1 is 0.731 bits per heavy atom. The first-order chi connectivity index (χ1) is 12.7. The number of unbranched alkanes of at least 4 members (excludes halogenated alkanes) is 1. The number of aliphatic hydroxyl groups excluding tert-OH is 2. The van der Waals surface area contributed by atoms with E-state index in [1.807, 2.05) is 53.4 Å². The Bertz CT molecular complexity index is 611. The van der Waals surface area contributed by atoms with Crippen molar-refractivity contribution in [3.05, 3.63) is 48.5 Å². The topological polar surface area (TPSA) is 93.8 Å². The van der Waals surface area contributed by atoms with Gasteiger partial charge in [-0.15, -0.1) is 0 Å². The van der Waals surface area contributed by atoms with E-state index in [4.69, 9.17) is 15.9 Å². The van der Waals surface area contributed by atoms with Gasteiger partial charge in [-0.25, -0.2) is 0 Å². The fourth-order valence-corrected chi connectivity index (χ4v) is 2.72. The van der Waals surface area contributed by atoms with Gasteiger partial charge in [0.15, 0.2) is 0 Å². The summed E-state index contributed by atoms with van der Waals surface area (Å²) in [5.74, 6) is 0. The van der Waals surface area contributed by atoms with Crippen molar-refractivity contribution in [2.24, 2.45) is 0 Å². The zero-order chi connectivity index (χ0) is 18.6. The Kier molecular flexibility index (Phi) is 8.59. The third kappa shape index (κ3) is 6.82. The van der Waals surface area contributed by atoms with Crippen LogP contribution in [0.5, 0.6) is 0 Å². The third-order valence-electron chi connectivity index (χ3n) is 4.14. The maximum atomic E-state index is 9.10. The minimum Gasteiger partial charge on any atom is -0.399 e. The average Bonchev–Trinajstić information content (AvgIpc) is 2.66. The van der Waals surface area contributed by atoms with Crippen LogP contribution in [0, 0.1) is 0 Å². The zero-order valence-electron chi connectivity index (χ0n) is 15.2. The van der Waals surface area contributed by atoms with E-state index in [2.05, 4.69) is 10.6 Å². The molecule has 2 aromatic carbocycles. The van der Waals surface area contributed by atoms with Crippen LogP contribution in [0.1, 0.15) is 12.8 Å². The molecule has 0 aliphatic carbocycles. The molecule has 0 aliphatic rings. The number of anilines is 4. The lowest BCUT2D eigenvalue weighted by atomic mass is 10.2. The molecule has 2 aromatic rings. The molecule has 0 saturated heterocycles. The van der Waals surface area contributed by atoms with Crippen LogP contribution >= 0.6 is 0 Å². The SMILES string of the molecule is Nc1ccc(NCCCCNc2ccc(N(CCO)CCO)cc2)cc1. The van der Waals surface area contributed by atoms with E-state index in [0.29, 0.717) is 13.1 Å². The molecular formula is C20H30N4O2. The van der Waals surface area contributed by atoms with E-state index in [0.717, 1.165) is 48.7 Å². The maximum absolute atomic E-state index is 9.10. The third-order valence-corrected chi connectivity index (χ3v) is 4.14. The van der Waals surface area contributed by atoms with Gasteiger partial charge in [0.25, 0.3) is 0 Å². The number of hydrogen-bond donors (Lipinski definition) is 5. The number of nitrogens with one attached hydrogen (secondary N) is 2. The molecule has 0 bridgehead atoms. The van der Waals surface area contributed by atoms with Crippen LogP contribution in [0.25, 0.3) is 0 Å². The highest BCUT2D eigenvalue weighted by molar-refractivity contribution is 5.55. The van der Waals surface area contributed by atoms with E-state index in [1.54, 1.807) is 0 Å². The minimum atomic E-state index is 0.0738. The predicted octanol–water partition coefficient (Wildman–Crippen LogP) is 2.36. The quantitative estimate of drug-likeness (QED) is 0.295. The molecule has 6 N–H and O–H groups in total. The Morgan fingerprint density at radius 3 is 1.65 bits per heavy atom. The summed E-state index contributed by atoms with van der Waals surface area (Å²) in [4.78, 5) is 1.96. The fourth-order valence-electron chi connectivity index (χ4n) is 2.72. The molecule has 0 aliphatic heterocycles. The van der Waals surface area contributed by atoms with E-state index < -0.39 is 0 Å². The highest BCUT2D eigenvalue weighted by Crippen LogP contribution is 2.18. The van der Waals surface area contributed by atoms with Gasteiger partial charge in [0.1, 0.15) is 0 Å². The molecule has 0 fully saturated rings. The Balaban J connectivity index is 1.65. The minimum absolute atomic E-state index is 0.0738. The number of rotatable bonds is 12. The van der Waals surface area contributed by atoms with Gasteiger partial charge in [-0.1, -0.05) is 0 Å². The van der Waals surface area contributed by atoms with Crippen LogP contribution in [0.3, 0.4) is 0 Å². The molecule has 0 amide bonds. The molecule has 2 rings (SSSR count). The zero-order valence-corrected chi connectivity index (χ0v) is 15.2. The van der Waals surface area contributed by atoms with E-state index in [1.165, 1.54) is 0 Å². The van der Waals surface area contributed by atoms with E-state index in [9.17, 15) is 0 Å². The van der Waals surface area contributed by atoms with Crippen molar-refractivity contribution < 1.29 is 10.2 Å². The lowest BCUT2D eigenvalue weighted by Crippen LogP contribution is -2.29. The molecule has 0 unspecified atom stereocenters. The second-order valence-corrected chi connectivity index (χ2v) is 6.16. The summed E-state index contributed by atoms with van der Waals surface area (Å²) in [6, 6.07) is 15.9. The molecule has 0 aromatic heterocycles. The molecule has 0 atom stereocenters. The molecule has 0 heterocycles. The van der Waals surface area contributed by atoms with Crippen LogP contribution in [0.2, 0.25) is 0 Å². The molecule has 26 heavy (non-hydrogen) atoms. The van der Waals surface area contributed by atoms with Crippen LogP contribution in [-0.2, 0) is 0 Å². The van der Waals surface area contributed by atoms with Crippen LogP contribution < -0.4 is 21.3 Å². The first-order valence-electron chi connectivity index (χ1n) is 9.13. The number of nitrogen functional groups attached to an aromatic ring is 1. The lowest BCUT2D eigenvalue weighted by Gasteiger charge is -2.23. The largest absolute Gasteiger partial charge is 0.399 e. The molecular weight excluding hydrogens is 328 g/mol. The van der Waals surface area contributed by atoms with Crippen molar-refractivity contribution in [3.63, 3.8) is 0 Å². The van der Waals surface area contributed by atoms with Crippen molar-refractivity contribution >= 4 is 22.7 Å². The number of aliphatic hydroxyl groups is 2. The van der Waals surface area contributed by atoms with Gasteiger partial charge in [0, 0.05) is 48.9 Å². The maximum Gasteiger partial charge on any atom is 0.0606 e. The second kappa shape index (κ2) is 11.2. The van der Waals surface area contributed by atoms with Crippen LogP contribution in [0.4, 0.5) is 22.7 Å². The summed E-state index contributed by atoms with van der Waals surface area (Å²) in [5.41, 5.74) is 9.63. The summed E-state index contributed by atoms with van der Waals surface area (Å²) in [6.45, 7) is 3.04. The standard InChI is InChI=1S/C20H30N4O2/c21-17-3-5-18(6-4-17)22-11-1-2-12-23-19-7-9-20(10-8-19)24(13-15-25)14-16-26/h3-10,22-23,25-26H,1-2,11-16,21H2. The van der Waals surface area contributed by atoms with E-state index >= 15 is 0 Å². The molecule has 0 radical (unpaired) electrons. The van der Waals surface area contributed by atoms with Crippen molar-refractivity contribution in [3.8, 4) is 0 Å². The number of nitrogens with zero attached hydrogens (tertiary/aromatic N) is 1. The lowest BCUT2D eigenvalue weighted by molar-refractivity contribution is 0.281. The molecule has 142 valence electrons. The van der Waals surface area contributed by atoms with Gasteiger partial charge in [-0.05, 0) is 61.4 Å². The highest BCUT2D eigenvalue weighted by atomic mass is 16.3. The smallest absolute Gasteiger partial charge is 0.0606 e. The summed E-state index contributed by atoms with van der Waals surface area (Å²) in [6.07, 6.45) is 2.15. The fraction of sp³-hybridized carbons (Fsp3) is 0.400. The predicted molar refractivity (Wildman–Crippen MR) is 110 cm³/mol. The van der Waals surface area contributed by atoms with E-state index in [-0.39, 0.29) is 13.2 Å². The summed E-state index contributed by atoms with van der Waals surface area (Å²) < 4.78 is 0. The number of benzene rings is 2. The summed E-state index contributed by atoms with van der Waals surface area (Å²) in [5, 5.41) is 25.0. The molecule has 0 saturated carbocycles. The van der Waals surface area contributed by atoms with Crippen molar-refractivity contribution in [1.29, 1.82) is 0 Å². The van der Waals surface area contributed by atoms with Gasteiger partial charge in [0.2, 0.25) is 0 Å². The van der Waals surface area contributed by atoms with Crippen molar-refractivity contribution in [1.82, 2.24) is 0 Å². The van der Waals surface area contributed by atoms with Gasteiger partial charge in [-0.3, -0.25) is 0 Å². The first kappa shape index (κ1) is 19.9. The Labute approximate surface area is 155 Å². The van der Waals surface area contributed by atoms with Gasteiger partial charge < -0.3 is 31.5 Å². The van der Waals surface area contributed by atoms with Crippen LogP contribution in [0.15, 0.2) is 48.5 Å². The second-order valence-electron chi connectivity index (χ2n) is 6.16. The summed E-state index contributed by atoms with van der Waals surface area (Å²) in [7, 11) is 0. The van der Waals surface area contributed by atoms with Crippen molar-refractivity contribution in [2.75, 3.05) is 60.7 Å². The molecule has 6 heteroatoms. The highest BCUT2D eigenvalue weighted by Gasteiger charge is 2.04. The summed E-state index contributed by atoms with van der Waals surface area (Å²) >= 11 is 0. The first-order valence-corrected chi connectivity index (χ1v) is 9.13. The number of hydrogen-bond acceptors (Lipinski definition) is 6. The van der Waals surface area contributed by atoms with Gasteiger partial charge in [0.05, 0.1) is 13.2 Å². The van der Waals surface area contributed by atoms with Crippen LogP contribution in [-0.4, -0.2) is 49.6 Å². The normalized spacial score (nSPS) is 10.5. The van der Waals surface area contributed by atoms with Crippen molar-refractivity contribution in [2.45, 2.75) is 12.8 Å². The van der Waals surface area contributed by atoms with Gasteiger partial charge in [-0.2, -0.15) is 0 Å². The monoisotopic (exact) mass is 358 g/mol.